The summed E-state index contributed by atoms with van der Waals surface area (Å²) in [5.41, 5.74) is 4.82. The van der Waals surface area contributed by atoms with Crippen molar-refractivity contribution in [3.05, 3.63) is 60.7 Å². The second-order valence-electron chi connectivity index (χ2n) is 9.82. The van der Waals surface area contributed by atoms with Crippen LogP contribution >= 0.6 is 0 Å². The predicted octanol–water partition coefficient (Wildman–Crippen LogP) is 3.94. The molecule has 1 amide bonds. The molecule has 5 heterocycles. The highest BCUT2D eigenvalue weighted by Gasteiger charge is 2.28. The van der Waals surface area contributed by atoms with Crippen LogP contribution in [0.2, 0.25) is 0 Å². The largest absolute Gasteiger partial charge is 0.310 e. The Kier molecular flexibility index (Phi) is 5.94. The predicted molar refractivity (Wildman–Crippen MR) is 137 cm³/mol. The summed E-state index contributed by atoms with van der Waals surface area (Å²) in [6, 6.07) is 9.60. The van der Waals surface area contributed by atoms with Crippen molar-refractivity contribution in [2.45, 2.75) is 45.1 Å². The van der Waals surface area contributed by atoms with Gasteiger partial charge in [0.25, 0.3) is 0 Å². The molecule has 9 nitrogen and oxygen atoms in total. The number of aromatic nitrogens is 5. The molecule has 1 unspecified atom stereocenters. The molecule has 0 spiro atoms. The van der Waals surface area contributed by atoms with E-state index >= 15 is 0 Å². The minimum atomic E-state index is -0.140. The molecule has 0 radical (unpaired) electrons. The fourth-order valence-corrected chi connectivity index (χ4v) is 4.43. The molecule has 35 heavy (non-hydrogen) atoms. The Bertz CT molecular complexity index is 1360. The van der Waals surface area contributed by atoms with Gasteiger partial charge in [-0.1, -0.05) is 20.8 Å². The van der Waals surface area contributed by atoms with E-state index in [1.807, 2.05) is 48.2 Å². The molecule has 5 rings (SSSR count). The Balaban J connectivity index is 1.36. The van der Waals surface area contributed by atoms with Crippen LogP contribution in [0, 0.1) is 0 Å². The van der Waals surface area contributed by atoms with Crippen LogP contribution in [-0.2, 0) is 10.2 Å². The second-order valence-corrected chi connectivity index (χ2v) is 9.82. The van der Waals surface area contributed by atoms with Crippen LogP contribution in [0.3, 0.4) is 0 Å². The van der Waals surface area contributed by atoms with Gasteiger partial charge >= 0.3 is 0 Å². The van der Waals surface area contributed by atoms with E-state index in [4.69, 9.17) is 4.98 Å². The van der Waals surface area contributed by atoms with E-state index in [2.05, 4.69) is 52.5 Å². The number of likely N-dealkylation sites (N-methyl/N-ethyl adjacent to an activating group) is 1. The molecule has 9 heteroatoms. The lowest BCUT2D eigenvalue weighted by Gasteiger charge is -2.31. The Labute approximate surface area is 204 Å². The number of rotatable bonds is 5. The van der Waals surface area contributed by atoms with Gasteiger partial charge in [-0.2, -0.15) is 5.10 Å². The average Bonchev–Trinajstić information content (AvgIpc) is 3.29. The van der Waals surface area contributed by atoms with Crippen molar-refractivity contribution in [3.63, 3.8) is 0 Å². The maximum Gasteiger partial charge on any atom is 0.244 e. The average molecular weight is 471 g/mol. The first-order valence-corrected chi connectivity index (χ1v) is 11.9. The van der Waals surface area contributed by atoms with Gasteiger partial charge in [-0.25, -0.2) is 19.5 Å². The van der Waals surface area contributed by atoms with Crippen molar-refractivity contribution >= 4 is 28.9 Å². The highest BCUT2D eigenvalue weighted by Crippen LogP contribution is 2.29. The van der Waals surface area contributed by atoms with Gasteiger partial charge in [0.1, 0.15) is 5.82 Å². The lowest BCUT2D eigenvalue weighted by Crippen LogP contribution is -2.49. The van der Waals surface area contributed by atoms with E-state index in [9.17, 15) is 4.79 Å². The van der Waals surface area contributed by atoms with Gasteiger partial charge < -0.3 is 15.5 Å². The summed E-state index contributed by atoms with van der Waals surface area (Å²) in [6.07, 6.45) is 9.14. The molecule has 0 saturated carbocycles. The Morgan fingerprint density at radius 3 is 2.69 bits per heavy atom. The zero-order chi connectivity index (χ0) is 24.6. The molecule has 0 bridgehead atoms. The minimum Gasteiger partial charge on any atom is -0.310 e. The van der Waals surface area contributed by atoms with Crippen molar-refractivity contribution < 1.29 is 4.79 Å². The molecule has 4 aromatic heterocycles. The number of nitrogens with zero attached hydrogens (tertiary/aromatic N) is 6. The lowest BCUT2D eigenvalue weighted by atomic mass is 9.88. The number of carbonyl (C=O) groups is 1. The van der Waals surface area contributed by atoms with Gasteiger partial charge in [0, 0.05) is 30.1 Å². The Morgan fingerprint density at radius 2 is 1.94 bits per heavy atom. The van der Waals surface area contributed by atoms with Crippen molar-refractivity contribution in [3.8, 4) is 11.3 Å². The summed E-state index contributed by atoms with van der Waals surface area (Å²) in [7, 11) is 1.82. The van der Waals surface area contributed by atoms with Gasteiger partial charge in [0.2, 0.25) is 11.9 Å². The number of fused-ring (bicyclic) bond motifs is 1. The lowest BCUT2D eigenvalue weighted by molar-refractivity contribution is -0.121. The number of piperidine rings is 1. The molecule has 180 valence electrons. The monoisotopic (exact) mass is 470 g/mol. The number of hydrogen-bond donors (Lipinski definition) is 2. The third-order valence-electron chi connectivity index (χ3n) is 6.37. The molecular weight excluding hydrogens is 440 g/mol. The maximum absolute atomic E-state index is 12.6. The van der Waals surface area contributed by atoms with Crippen LogP contribution in [0.15, 0.2) is 55.1 Å². The number of nitrogens with one attached hydrogen (secondary N) is 2. The van der Waals surface area contributed by atoms with Crippen LogP contribution in [0.5, 0.6) is 0 Å². The first kappa shape index (κ1) is 22.9. The first-order valence-electron chi connectivity index (χ1n) is 11.9. The number of carbonyl (C=O) groups excluding carboxylic acids is 1. The van der Waals surface area contributed by atoms with E-state index in [1.165, 1.54) is 5.56 Å². The zero-order valence-electron chi connectivity index (χ0n) is 20.5. The molecule has 2 N–H and O–H groups in total. The van der Waals surface area contributed by atoms with Gasteiger partial charge in [0.15, 0.2) is 0 Å². The van der Waals surface area contributed by atoms with Crippen molar-refractivity contribution in [1.29, 1.82) is 0 Å². The zero-order valence-corrected chi connectivity index (χ0v) is 20.5. The van der Waals surface area contributed by atoms with Crippen LogP contribution in [0.4, 0.5) is 17.5 Å². The Hall–Kier alpha value is -3.85. The fraction of sp³-hybridized carbons (Fsp3) is 0.346. The highest BCUT2D eigenvalue weighted by molar-refractivity contribution is 5.97. The summed E-state index contributed by atoms with van der Waals surface area (Å²) < 4.78 is 1.89. The standard InChI is InChI=1S/C26H30N8O/c1-26(2,3)19-16-30-34-13-10-17(14-22(19)34)20-9-11-28-25(31-20)32-23-8-7-18(15-29-23)33-12-5-6-21(27-4)24(33)35/h7-11,13-16,21,27H,5-6,12H2,1-4H3,(H,28,29,31,32). The van der Waals surface area contributed by atoms with Gasteiger partial charge in [0.05, 0.1) is 35.3 Å². The normalized spacial score (nSPS) is 16.6. The smallest absolute Gasteiger partial charge is 0.244 e. The number of pyridine rings is 2. The van der Waals surface area contributed by atoms with Crippen LogP contribution < -0.4 is 15.5 Å². The maximum atomic E-state index is 12.6. The third kappa shape index (κ3) is 4.59. The van der Waals surface area contributed by atoms with Crippen LogP contribution in [-0.4, -0.2) is 50.1 Å². The van der Waals surface area contributed by atoms with E-state index in [0.717, 1.165) is 35.3 Å². The van der Waals surface area contributed by atoms with E-state index in [0.29, 0.717) is 18.3 Å². The fourth-order valence-electron chi connectivity index (χ4n) is 4.43. The quantitative estimate of drug-likeness (QED) is 0.456. The van der Waals surface area contributed by atoms with Crippen molar-refractivity contribution in [2.75, 3.05) is 23.8 Å². The molecule has 1 aliphatic heterocycles. The molecule has 1 saturated heterocycles. The molecule has 1 fully saturated rings. The summed E-state index contributed by atoms with van der Waals surface area (Å²) in [6.45, 7) is 7.25. The molecule has 4 aromatic rings. The minimum absolute atomic E-state index is 0.0105. The van der Waals surface area contributed by atoms with Crippen molar-refractivity contribution in [1.82, 2.24) is 29.9 Å². The van der Waals surface area contributed by atoms with Gasteiger partial charge in [-0.05, 0) is 55.6 Å². The topological polar surface area (TPSA) is 100 Å². The van der Waals surface area contributed by atoms with Crippen LogP contribution in [0.1, 0.15) is 39.2 Å². The van der Waals surface area contributed by atoms with E-state index in [-0.39, 0.29) is 17.4 Å². The number of hydrogen-bond acceptors (Lipinski definition) is 7. The van der Waals surface area contributed by atoms with E-state index < -0.39 is 0 Å². The second kappa shape index (κ2) is 9.07. The first-order chi connectivity index (χ1) is 16.8. The number of amides is 1. The van der Waals surface area contributed by atoms with Crippen molar-refractivity contribution in [2.24, 2.45) is 0 Å². The summed E-state index contributed by atoms with van der Waals surface area (Å²) >= 11 is 0. The highest BCUT2D eigenvalue weighted by atomic mass is 16.2. The van der Waals surface area contributed by atoms with Gasteiger partial charge in [-0.15, -0.1) is 0 Å². The third-order valence-corrected chi connectivity index (χ3v) is 6.37. The summed E-state index contributed by atoms with van der Waals surface area (Å²) in [5.74, 6) is 1.15. The molecular formula is C26H30N8O. The number of anilines is 3. The van der Waals surface area contributed by atoms with Gasteiger partial charge in [-0.3, -0.25) is 4.79 Å². The summed E-state index contributed by atoms with van der Waals surface area (Å²) in [5, 5.41) is 10.7. The van der Waals surface area contributed by atoms with E-state index in [1.54, 1.807) is 17.3 Å². The summed E-state index contributed by atoms with van der Waals surface area (Å²) in [4.78, 5) is 28.0. The Morgan fingerprint density at radius 1 is 1.09 bits per heavy atom. The molecule has 0 aliphatic carbocycles. The van der Waals surface area contributed by atoms with Crippen LogP contribution in [0.25, 0.3) is 16.8 Å². The molecule has 1 atom stereocenters. The molecule has 1 aliphatic rings. The SMILES string of the molecule is CNC1CCCN(c2ccc(Nc3nccc(-c4ccn5ncc(C(C)(C)C)c5c4)n3)nc2)C1=O. The molecule has 0 aromatic carbocycles.